The highest BCUT2D eigenvalue weighted by Gasteiger charge is 2.49. The highest BCUT2D eigenvalue weighted by Crippen LogP contribution is 2.40. The molecule has 0 aromatic carbocycles. The van der Waals surface area contributed by atoms with Gasteiger partial charge in [-0.3, -0.25) is 14.6 Å². The average Bonchev–Trinajstić information content (AvgIpc) is 3.12. The van der Waals surface area contributed by atoms with Gasteiger partial charge in [0.25, 0.3) is 0 Å². The van der Waals surface area contributed by atoms with Gasteiger partial charge in [-0.2, -0.15) is 0 Å². The number of carbonyl (C=O) groups excluding carboxylic acids is 2. The van der Waals surface area contributed by atoms with Crippen LogP contribution in [0.4, 0.5) is 5.69 Å². The zero-order valence-electron chi connectivity index (χ0n) is 9.85. The standard InChI is InChI=1S/C12H13BrN2O3/c1-2-18-12(17)8-5-7(8)11(16)15-10-3-4-14-6-9(10)13/h3-4,6-8H,2,5H2,1H3,(H,14,15,16)/t7-,8-/m0/s1. The molecule has 0 radical (unpaired) electrons. The summed E-state index contributed by atoms with van der Waals surface area (Å²) in [5.41, 5.74) is 0.657. The molecule has 1 fully saturated rings. The van der Waals surface area contributed by atoms with Crippen molar-refractivity contribution in [3.63, 3.8) is 0 Å². The molecule has 6 heteroatoms. The Bertz CT molecular complexity index is 478. The van der Waals surface area contributed by atoms with Gasteiger partial charge in [-0.05, 0) is 35.3 Å². The lowest BCUT2D eigenvalue weighted by molar-refractivity contribution is -0.145. The average molecular weight is 313 g/mol. The first-order valence-electron chi connectivity index (χ1n) is 5.70. The maximum absolute atomic E-state index is 11.9. The summed E-state index contributed by atoms with van der Waals surface area (Å²) in [7, 11) is 0. The second-order valence-corrected chi connectivity index (χ2v) is 4.90. The SMILES string of the molecule is CCOC(=O)[C@H]1C[C@@H]1C(=O)Nc1ccncc1Br. The van der Waals surface area contributed by atoms with E-state index in [2.05, 4.69) is 26.2 Å². The van der Waals surface area contributed by atoms with E-state index in [0.717, 1.165) is 0 Å². The minimum Gasteiger partial charge on any atom is -0.466 e. The number of amides is 1. The summed E-state index contributed by atoms with van der Waals surface area (Å²) in [4.78, 5) is 27.2. The van der Waals surface area contributed by atoms with Gasteiger partial charge >= 0.3 is 5.97 Å². The molecule has 1 heterocycles. The second-order valence-electron chi connectivity index (χ2n) is 4.05. The van der Waals surface area contributed by atoms with Gasteiger partial charge in [0, 0.05) is 12.4 Å². The Morgan fingerprint density at radius 3 is 3.00 bits per heavy atom. The van der Waals surface area contributed by atoms with Crippen molar-refractivity contribution in [1.82, 2.24) is 4.98 Å². The van der Waals surface area contributed by atoms with E-state index in [1.807, 2.05) is 0 Å². The first-order chi connectivity index (χ1) is 8.63. The lowest BCUT2D eigenvalue weighted by Crippen LogP contribution is -2.18. The van der Waals surface area contributed by atoms with E-state index >= 15 is 0 Å². The van der Waals surface area contributed by atoms with Crippen molar-refractivity contribution in [3.8, 4) is 0 Å². The number of hydrogen-bond acceptors (Lipinski definition) is 4. The van der Waals surface area contributed by atoms with Crippen molar-refractivity contribution in [1.29, 1.82) is 0 Å². The maximum Gasteiger partial charge on any atom is 0.309 e. The molecule has 1 aromatic heterocycles. The van der Waals surface area contributed by atoms with Gasteiger partial charge in [0.2, 0.25) is 5.91 Å². The topological polar surface area (TPSA) is 68.3 Å². The minimum atomic E-state index is -0.287. The summed E-state index contributed by atoms with van der Waals surface area (Å²) in [5.74, 6) is -0.999. The molecule has 1 aliphatic carbocycles. The van der Waals surface area contributed by atoms with Crippen LogP contribution in [0.25, 0.3) is 0 Å². The highest BCUT2D eigenvalue weighted by molar-refractivity contribution is 9.10. The number of ether oxygens (including phenoxy) is 1. The van der Waals surface area contributed by atoms with E-state index in [-0.39, 0.29) is 23.7 Å². The van der Waals surface area contributed by atoms with Crippen LogP contribution in [-0.2, 0) is 14.3 Å². The third-order valence-corrected chi connectivity index (χ3v) is 3.38. The highest BCUT2D eigenvalue weighted by atomic mass is 79.9. The number of pyridine rings is 1. The summed E-state index contributed by atoms with van der Waals surface area (Å²) in [5, 5.41) is 2.77. The number of carbonyl (C=O) groups is 2. The molecule has 2 atom stereocenters. The van der Waals surface area contributed by atoms with Crippen molar-refractivity contribution >= 4 is 33.5 Å². The third kappa shape index (κ3) is 2.87. The Morgan fingerprint density at radius 1 is 1.56 bits per heavy atom. The van der Waals surface area contributed by atoms with E-state index in [1.165, 1.54) is 0 Å². The van der Waals surface area contributed by atoms with Crippen LogP contribution in [-0.4, -0.2) is 23.5 Å². The van der Waals surface area contributed by atoms with Crippen LogP contribution < -0.4 is 5.32 Å². The molecule has 5 nitrogen and oxygen atoms in total. The predicted molar refractivity (Wildman–Crippen MR) is 68.8 cm³/mol. The van der Waals surface area contributed by atoms with E-state index in [0.29, 0.717) is 23.2 Å². The van der Waals surface area contributed by atoms with E-state index < -0.39 is 0 Å². The van der Waals surface area contributed by atoms with Crippen molar-refractivity contribution in [3.05, 3.63) is 22.9 Å². The molecule has 0 spiro atoms. The van der Waals surface area contributed by atoms with E-state index in [1.54, 1.807) is 25.4 Å². The Kier molecular flexibility index (Phi) is 3.96. The van der Waals surface area contributed by atoms with Crippen LogP contribution >= 0.6 is 15.9 Å². The van der Waals surface area contributed by atoms with Crippen molar-refractivity contribution in [2.24, 2.45) is 11.8 Å². The molecule has 0 unspecified atom stereocenters. The Balaban J connectivity index is 1.91. The summed E-state index contributed by atoms with van der Waals surface area (Å²) in [6.45, 7) is 2.10. The molecule has 2 rings (SSSR count). The number of nitrogens with one attached hydrogen (secondary N) is 1. The maximum atomic E-state index is 11.9. The van der Waals surface area contributed by atoms with Gasteiger partial charge in [0.15, 0.2) is 0 Å². The largest absolute Gasteiger partial charge is 0.466 e. The summed E-state index contributed by atoms with van der Waals surface area (Å²) in [6, 6.07) is 1.70. The first kappa shape index (κ1) is 13.0. The normalized spacial score (nSPS) is 21.2. The molecule has 96 valence electrons. The van der Waals surface area contributed by atoms with Crippen LogP contribution in [0.3, 0.4) is 0 Å². The fourth-order valence-corrected chi connectivity index (χ4v) is 2.05. The monoisotopic (exact) mass is 312 g/mol. The molecule has 1 saturated carbocycles. The van der Waals surface area contributed by atoms with Crippen LogP contribution in [0.5, 0.6) is 0 Å². The molecular formula is C12H13BrN2O3. The molecule has 0 bridgehead atoms. The quantitative estimate of drug-likeness (QED) is 0.863. The smallest absolute Gasteiger partial charge is 0.309 e. The molecule has 0 aliphatic heterocycles. The van der Waals surface area contributed by atoms with Crippen LogP contribution in [0.1, 0.15) is 13.3 Å². The van der Waals surface area contributed by atoms with Gasteiger partial charge in [-0.15, -0.1) is 0 Å². The van der Waals surface area contributed by atoms with Gasteiger partial charge in [-0.25, -0.2) is 0 Å². The fourth-order valence-electron chi connectivity index (χ4n) is 1.70. The molecular weight excluding hydrogens is 300 g/mol. The van der Waals surface area contributed by atoms with Crippen LogP contribution in [0, 0.1) is 11.8 Å². The zero-order valence-corrected chi connectivity index (χ0v) is 11.4. The number of aromatic nitrogens is 1. The lowest BCUT2D eigenvalue weighted by Gasteiger charge is -2.06. The number of nitrogens with zero attached hydrogens (tertiary/aromatic N) is 1. The molecule has 1 aromatic rings. The number of anilines is 1. The number of hydrogen-bond donors (Lipinski definition) is 1. The zero-order chi connectivity index (χ0) is 13.1. The van der Waals surface area contributed by atoms with E-state index in [9.17, 15) is 9.59 Å². The second kappa shape index (κ2) is 5.48. The Hall–Kier alpha value is -1.43. The lowest BCUT2D eigenvalue weighted by atomic mass is 10.3. The van der Waals surface area contributed by atoms with Crippen molar-refractivity contribution < 1.29 is 14.3 Å². The van der Waals surface area contributed by atoms with Gasteiger partial charge in [0.05, 0.1) is 28.6 Å². The van der Waals surface area contributed by atoms with Crippen LogP contribution in [0.2, 0.25) is 0 Å². The van der Waals surface area contributed by atoms with Crippen molar-refractivity contribution in [2.75, 3.05) is 11.9 Å². The molecule has 1 amide bonds. The molecule has 1 N–H and O–H groups in total. The van der Waals surface area contributed by atoms with Gasteiger partial charge in [-0.1, -0.05) is 0 Å². The Morgan fingerprint density at radius 2 is 2.33 bits per heavy atom. The molecule has 18 heavy (non-hydrogen) atoms. The predicted octanol–water partition coefficient (Wildman–Crippen LogP) is 1.98. The third-order valence-electron chi connectivity index (χ3n) is 2.75. The summed E-state index contributed by atoms with van der Waals surface area (Å²) in [6.07, 6.45) is 3.76. The Labute approximate surface area is 113 Å². The van der Waals surface area contributed by atoms with Gasteiger partial charge < -0.3 is 10.1 Å². The number of esters is 1. The number of rotatable bonds is 4. The van der Waals surface area contributed by atoms with Crippen molar-refractivity contribution in [2.45, 2.75) is 13.3 Å². The number of halogens is 1. The molecule has 0 saturated heterocycles. The minimum absolute atomic E-state index is 0.153. The summed E-state index contributed by atoms with van der Waals surface area (Å²) < 4.78 is 5.60. The summed E-state index contributed by atoms with van der Waals surface area (Å²) >= 11 is 3.29. The van der Waals surface area contributed by atoms with Gasteiger partial charge in [0.1, 0.15) is 0 Å². The van der Waals surface area contributed by atoms with Crippen LogP contribution in [0.15, 0.2) is 22.9 Å². The fraction of sp³-hybridized carbons (Fsp3) is 0.417. The van der Waals surface area contributed by atoms with E-state index in [4.69, 9.17) is 4.74 Å². The molecule has 1 aliphatic rings. The first-order valence-corrected chi connectivity index (χ1v) is 6.49.